The number of hydrogen-bond donors (Lipinski definition) is 1. The number of aliphatic imine (C=N–C) groups is 1. The summed E-state index contributed by atoms with van der Waals surface area (Å²) in [5.41, 5.74) is 4.49. The number of nitrogens with zero attached hydrogens (tertiary/aromatic N) is 3. The summed E-state index contributed by atoms with van der Waals surface area (Å²) in [6.45, 7) is 5.96. The van der Waals surface area contributed by atoms with E-state index in [0.29, 0.717) is 13.1 Å². The fourth-order valence-corrected chi connectivity index (χ4v) is 3.45. The number of carbonyl (C=O) groups excluding carboxylic acids is 1. The number of aryl methyl sites for hydroxylation is 1. The van der Waals surface area contributed by atoms with Crippen LogP contribution in [0.15, 0.2) is 40.5 Å². The zero-order valence-corrected chi connectivity index (χ0v) is 12.8. The van der Waals surface area contributed by atoms with Crippen LogP contribution in [-0.4, -0.2) is 47.8 Å². The molecule has 0 aromatic heterocycles. The van der Waals surface area contributed by atoms with Gasteiger partial charge in [-0.05, 0) is 18.1 Å². The number of fused-ring (bicyclic) bond motifs is 2. The third kappa shape index (κ3) is 2.04. The van der Waals surface area contributed by atoms with Gasteiger partial charge in [0.15, 0.2) is 0 Å². The van der Waals surface area contributed by atoms with Crippen LogP contribution in [0.1, 0.15) is 17.5 Å². The van der Waals surface area contributed by atoms with Crippen LogP contribution in [0.3, 0.4) is 0 Å². The van der Waals surface area contributed by atoms with Gasteiger partial charge < -0.3 is 10.2 Å². The van der Waals surface area contributed by atoms with Gasteiger partial charge in [0.05, 0.1) is 18.7 Å². The van der Waals surface area contributed by atoms with Crippen molar-refractivity contribution in [3.63, 3.8) is 0 Å². The number of nitrogens with one attached hydrogen (secondary N) is 1. The molecule has 22 heavy (non-hydrogen) atoms. The van der Waals surface area contributed by atoms with Gasteiger partial charge in [0.1, 0.15) is 0 Å². The summed E-state index contributed by atoms with van der Waals surface area (Å²) in [5, 5.41) is 3.32. The SMILES string of the molecule is Cc1ccccc1CN1C(=O)C2=C(CCNC2)N2CCN=C12. The number of carbonyl (C=O) groups is 1. The minimum absolute atomic E-state index is 0.113. The van der Waals surface area contributed by atoms with Gasteiger partial charge >= 0.3 is 0 Å². The zero-order chi connectivity index (χ0) is 15.1. The van der Waals surface area contributed by atoms with Crippen LogP contribution in [0.25, 0.3) is 0 Å². The van der Waals surface area contributed by atoms with Gasteiger partial charge in [-0.25, -0.2) is 0 Å². The van der Waals surface area contributed by atoms with Crippen LogP contribution in [0.4, 0.5) is 0 Å². The fourth-order valence-electron chi connectivity index (χ4n) is 3.45. The van der Waals surface area contributed by atoms with E-state index in [1.807, 2.05) is 17.0 Å². The topological polar surface area (TPSA) is 47.9 Å². The largest absolute Gasteiger partial charge is 0.314 e. The number of guanidine groups is 1. The highest BCUT2D eigenvalue weighted by molar-refractivity contribution is 6.09. The van der Waals surface area contributed by atoms with Crippen molar-refractivity contribution in [2.45, 2.75) is 19.9 Å². The second kappa shape index (κ2) is 5.25. The lowest BCUT2D eigenvalue weighted by Crippen LogP contribution is -2.53. The predicted octanol–water partition coefficient (Wildman–Crippen LogP) is 1.26. The standard InChI is InChI=1S/C17H20N4O/c1-12-4-2-3-5-13(12)11-21-16(22)14-10-18-7-6-15(14)20-9-8-19-17(20)21/h2-5,18H,6-11H2,1H3. The molecular formula is C17H20N4O. The molecule has 3 aliphatic heterocycles. The Hall–Kier alpha value is -2.14. The van der Waals surface area contributed by atoms with E-state index in [9.17, 15) is 4.79 Å². The molecule has 0 fully saturated rings. The smallest absolute Gasteiger partial charge is 0.259 e. The molecule has 0 unspecified atom stereocenters. The molecule has 0 saturated heterocycles. The molecule has 0 spiro atoms. The van der Waals surface area contributed by atoms with Gasteiger partial charge in [-0.3, -0.25) is 14.7 Å². The summed E-state index contributed by atoms with van der Waals surface area (Å²) in [7, 11) is 0. The molecule has 1 N–H and O–H groups in total. The second-order valence-electron chi connectivity index (χ2n) is 6.00. The molecule has 0 bridgehead atoms. The average Bonchev–Trinajstić information content (AvgIpc) is 3.03. The summed E-state index contributed by atoms with van der Waals surface area (Å²) in [5.74, 6) is 0.955. The van der Waals surface area contributed by atoms with E-state index in [1.54, 1.807) is 0 Å². The van der Waals surface area contributed by atoms with Crippen LogP contribution < -0.4 is 5.32 Å². The first-order valence-corrected chi connectivity index (χ1v) is 7.87. The van der Waals surface area contributed by atoms with Crippen LogP contribution in [0, 0.1) is 6.92 Å². The molecule has 0 radical (unpaired) electrons. The predicted molar refractivity (Wildman–Crippen MR) is 85.2 cm³/mol. The highest BCUT2D eigenvalue weighted by atomic mass is 16.2. The van der Waals surface area contributed by atoms with Crippen molar-refractivity contribution in [1.29, 1.82) is 0 Å². The van der Waals surface area contributed by atoms with E-state index in [4.69, 9.17) is 0 Å². The summed E-state index contributed by atoms with van der Waals surface area (Å²) in [6.07, 6.45) is 0.915. The van der Waals surface area contributed by atoms with E-state index in [-0.39, 0.29) is 5.91 Å². The molecule has 3 aliphatic rings. The highest BCUT2D eigenvalue weighted by Gasteiger charge is 2.39. The summed E-state index contributed by atoms with van der Waals surface area (Å²) in [4.78, 5) is 21.6. The van der Waals surface area contributed by atoms with Crippen molar-refractivity contribution in [2.24, 2.45) is 4.99 Å². The van der Waals surface area contributed by atoms with Crippen molar-refractivity contribution in [3.05, 3.63) is 46.7 Å². The summed E-state index contributed by atoms with van der Waals surface area (Å²) in [6, 6.07) is 8.23. The Bertz CT molecular complexity index is 692. The molecule has 5 heteroatoms. The fraction of sp³-hybridized carbons (Fsp3) is 0.412. The van der Waals surface area contributed by atoms with E-state index < -0.39 is 0 Å². The third-order valence-electron chi connectivity index (χ3n) is 4.67. The van der Waals surface area contributed by atoms with Crippen molar-refractivity contribution < 1.29 is 4.79 Å². The molecule has 1 aromatic carbocycles. The van der Waals surface area contributed by atoms with Crippen molar-refractivity contribution >= 4 is 11.9 Å². The molecule has 1 amide bonds. The molecule has 3 heterocycles. The third-order valence-corrected chi connectivity index (χ3v) is 4.67. The normalized spacial score (nSPS) is 21.0. The molecule has 5 nitrogen and oxygen atoms in total. The Labute approximate surface area is 130 Å². The van der Waals surface area contributed by atoms with E-state index in [1.165, 1.54) is 16.8 Å². The molecule has 0 aliphatic carbocycles. The maximum atomic E-state index is 12.9. The van der Waals surface area contributed by atoms with E-state index in [0.717, 1.165) is 37.6 Å². The second-order valence-corrected chi connectivity index (χ2v) is 6.00. The summed E-state index contributed by atoms with van der Waals surface area (Å²) < 4.78 is 0. The number of benzene rings is 1. The van der Waals surface area contributed by atoms with E-state index in [2.05, 4.69) is 34.3 Å². The molecule has 114 valence electrons. The van der Waals surface area contributed by atoms with Gasteiger partial charge in [0, 0.05) is 31.8 Å². The van der Waals surface area contributed by atoms with Gasteiger partial charge in [0.25, 0.3) is 5.91 Å². The number of amides is 1. The van der Waals surface area contributed by atoms with Gasteiger partial charge in [-0.2, -0.15) is 0 Å². The Morgan fingerprint density at radius 1 is 1.32 bits per heavy atom. The molecule has 1 aromatic rings. The van der Waals surface area contributed by atoms with Crippen LogP contribution in [0.5, 0.6) is 0 Å². The highest BCUT2D eigenvalue weighted by Crippen LogP contribution is 2.29. The maximum Gasteiger partial charge on any atom is 0.259 e. The van der Waals surface area contributed by atoms with Crippen molar-refractivity contribution in [3.8, 4) is 0 Å². The molecule has 0 saturated carbocycles. The lowest BCUT2D eigenvalue weighted by atomic mass is 10.0. The Morgan fingerprint density at radius 2 is 2.18 bits per heavy atom. The number of hydrogen-bond acceptors (Lipinski definition) is 4. The maximum absolute atomic E-state index is 12.9. The van der Waals surface area contributed by atoms with Gasteiger partial charge in [-0.1, -0.05) is 24.3 Å². The van der Waals surface area contributed by atoms with Crippen molar-refractivity contribution in [2.75, 3.05) is 26.2 Å². The lowest BCUT2D eigenvalue weighted by Gasteiger charge is -2.39. The average molecular weight is 296 g/mol. The summed E-state index contributed by atoms with van der Waals surface area (Å²) >= 11 is 0. The van der Waals surface area contributed by atoms with Crippen LogP contribution in [0.2, 0.25) is 0 Å². The van der Waals surface area contributed by atoms with Crippen molar-refractivity contribution in [1.82, 2.24) is 15.1 Å². The first-order valence-electron chi connectivity index (χ1n) is 7.87. The first kappa shape index (κ1) is 13.5. The molecular weight excluding hydrogens is 276 g/mol. The minimum atomic E-state index is 0.113. The van der Waals surface area contributed by atoms with Crippen LogP contribution in [-0.2, 0) is 11.3 Å². The Balaban J connectivity index is 1.72. The number of rotatable bonds is 2. The monoisotopic (exact) mass is 296 g/mol. The lowest BCUT2D eigenvalue weighted by molar-refractivity contribution is -0.125. The Morgan fingerprint density at radius 3 is 3.05 bits per heavy atom. The first-order chi connectivity index (χ1) is 10.8. The van der Waals surface area contributed by atoms with Gasteiger partial charge in [0.2, 0.25) is 5.96 Å². The molecule has 4 rings (SSSR count). The zero-order valence-electron chi connectivity index (χ0n) is 12.8. The van der Waals surface area contributed by atoms with E-state index >= 15 is 0 Å². The molecule has 0 atom stereocenters. The minimum Gasteiger partial charge on any atom is -0.314 e. The van der Waals surface area contributed by atoms with Gasteiger partial charge in [-0.15, -0.1) is 0 Å². The quantitative estimate of drug-likeness (QED) is 0.894. The van der Waals surface area contributed by atoms with Crippen LogP contribution >= 0.6 is 0 Å². The Kier molecular flexibility index (Phi) is 3.22.